The molecular formula is C20H23N3O4. The summed E-state index contributed by atoms with van der Waals surface area (Å²) in [4.78, 5) is 23.8. The van der Waals surface area contributed by atoms with Crippen LogP contribution in [-0.4, -0.2) is 30.2 Å². The number of carbonyl (C=O) groups excluding carboxylic acids is 2. The number of ether oxygens (including phenoxy) is 1. The van der Waals surface area contributed by atoms with Gasteiger partial charge in [0.05, 0.1) is 13.3 Å². The normalized spacial score (nSPS) is 10.6. The molecular weight excluding hydrogens is 346 g/mol. The van der Waals surface area contributed by atoms with Gasteiger partial charge in [-0.3, -0.25) is 9.59 Å². The van der Waals surface area contributed by atoms with E-state index in [0.717, 1.165) is 12.8 Å². The summed E-state index contributed by atoms with van der Waals surface area (Å²) in [5.41, 5.74) is 4.15. The van der Waals surface area contributed by atoms with Crippen LogP contribution in [0.1, 0.15) is 42.1 Å². The molecule has 0 bridgehead atoms. The van der Waals surface area contributed by atoms with E-state index in [1.165, 1.54) is 19.4 Å². The molecule has 0 fully saturated rings. The number of anilines is 1. The Morgan fingerprint density at radius 1 is 1.19 bits per heavy atom. The van der Waals surface area contributed by atoms with Crippen molar-refractivity contribution in [3.05, 3.63) is 53.6 Å². The first-order valence-electron chi connectivity index (χ1n) is 8.63. The van der Waals surface area contributed by atoms with Crippen LogP contribution < -0.4 is 15.5 Å². The van der Waals surface area contributed by atoms with Crippen LogP contribution in [0.4, 0.5) is 5.69 Å². The molecule has 0 aliphatic rings. The van der Waals surface area contributed by atoms with Crippen LogP contribution in [-0.2, 0) is 4.79 Å². The van der Waals surface area contributed by atoms with Gasteiger partial charge in [0, 0.05) is 17.7 Å². The molecule has 0 aliphatic carbocycles. The molecule has 0 aliphatic heterocycles. The highest BCUT2D eigenvalue weighted by Gasteiger charge is 2.06. The largest absolute Gasteiger partial charge is 0.504 e. The van der Waals surface area contributed by atoms with E-state index >= 15 is 0 Å². The number of nitrogens with zero attached hydrogens (tertiary/aromatic N) is 1. The van der Waals surface area contributed by atoms with Crippen molar-refractivity contribution < 1.29 is 19.4 Å². The van der Waals surface area contributed by atoms with Crippen molar-refractivity contribution in [3.63, 3.8) is 0 Å². The standard InChI is InChI=1S/C20H23N3O4/c1-3-4-5-19(25)22-16-9-7-15(8-10-16)20(26)23-21-13-14-6-11-17(24)18(12-14)27-2/h6-13,24H,3-5H2,1-2H3,(H,22,25)(H,23,26)/b21-13+. The Balaban J connectivity index is 1.91. The zero-order valence-electron chi connectivity index (χ0n) is 15.4. The number of carbonyl (C=O) groups is 2. The monoisotopic (exact) mass is 369 g/mol. The average molecular weight is 369 g/mol. The van der Waals surface area contributed by atoms with E-state index in [-0.39, 0.29) is 17.6 Å². The number of phenols is 1. The third-order valence-corrected chi connectivity index (χ3v) is 3.77. The SMILES string of the molecule is CCCCC(=O)Nc1ccc(C(=O)N/N=C/c2ccc(O)c(OC)c2)cc1. The van der Waals surface area contributed by atoms with Gasteiger partial charge < -0.3 is 15.2 Å². The molecule has 27 heavy (non-hydrogen) atoms. The van der Waals surface area contributed by atoms with Gasteiger partial charge in [0.2, 0.25) is 5.91 Å². The van der Waals surface area contributed by atoms with Crippen molar-refractivity contribution >= 4 is 23.7 Å². The van der Waals surface area contributed by atoms with Crippen LogP contribution in [0.3, 0.4) is 0 Å². The number of benzene rings is 2. The lowest BCUT2D eigenvalue weighted by molar-refractivity contribution is -0.116. The summed E-state index contributed by atoms with van der Waals surface area (Å²) < 4.78 is 5.01. The summed E-state index contributed by atoms with van der Waals surface area (Å²) in [5, 5.41) is 16.2. The number of phenolic OH excluding ortho intramolecular Hbond substituents is 1. The van der Waals surface area contributed by atoms with Gasteiger partial charge in [0.15, 0.2) is 11.5 Å². The molecule has 142 valence electrons. The highest BCUT2D eigenvalue weighted by molar-refractivity contribution is 5.96. The minimum Gasteiger partial charge on any atom is -0.504 e. The second-order valence-electron chi connectivity index (χ2n) is 5.86. The van der Waals surface area contributed by atoms with E-state index in [2.05, 4.69) is 15.8 Å². The summed E-state index contributed by atoms with van der Waals surface area (Å²) in [6.07, 6.45) is 3.74. The fourth-order valence-electron chi connectivity index (χ4n) is 2.27. The second-order valence-corrected chi connectivity index (χ2v) is 5.86. The lowest BCUT2D eigenvalue weighted by Gasteiger charge is -2.06. The smallest absolute Gasteiger partial charge is 0.271 e. The zero-order valence-corrected chi connectivity index (χ0v) is 15.4. The van der Waals surface area contributed by atoms with Crippen LogP contribution in [0.2, 0.25) is 0 Å². The number of methoxy groups -OCH3 is 1. The van der Waals surface area contributed by atoms with E-state index in [4.69, 9.17) is 4.74 Å². The van der Waals surface area contributed by atoms with Crippen LogP contribution >= 0.6 is 0 Å². The molecule has 2 aromatic rings. The summed E-state index contributed by atoms with van der Waals surface area (Å²) >= 11 is 0. The first-order chi connectivity index (χ1) is 13.0. The fraction of sp³-hybridized carbons (Fsp3) is 0.250. The first-order valence-corrected chi connectivity index (χ1v) is 8.63. The summed E-state index contributed by atoms with van der Waals surface area (Å²) in [6, 6.07) is 11.3. The maximum atomic E-state index is 12.1. The third kappa shape index (κ3) is 6.14. The molecule has 0 aromatic heterocycles. The fourth-order valence-corrected chi connectivity index (χ4v) is 2.27. The predicted molar refractivity (Wildman–Crippen MR) is 104 cm³/mol. The number of nitrogens with one attached hydrogen (secondary N) is 2. The van der Waals surface area contributed by atoms with Crippen LogP contribution in [0.25, 0.3) is 0 Å². The number of hydrogen-bond donors (Lipinski definition) is 3. The molecule has 0 radical (unpaired) electrons. The Labute approximate surface area is 158 Å². The minimum atomic E-state index is -0.374. The van der Waals surface area contributed by atoms with E-state index < -0.39 is 0 Å². The van der Waals surface area contributed by atoms with Gasteiger partial charge in [-0.1, -0.05) is 13.3 Å². The van der Waals surface area contributed by atoms with Gasteiger partial charge >= 0.3 is 0 Å². The van der Waals surface area contributed by atoms with Crippen molar-refractivity contribution in [1.29, 1.82) is 0 Å². The lowest BCUT2D eigenvalue weighted by atomic mass is 10.2. The number of aromatic hydroxyl groups is 1. The van der Waals surface area contributed by atoms with Gasteiger partial charge in [-0.25, -0.2) is 5.43 Å². The summed E-state index contributed by atoms with van der Waals surface area (Å²) in [6.45, 7) is 2.03. The Kier molecular flexibility index (Phi) is 7.37. The van der Waals surface area contributed by atoms with Gasteiger partial charge in [0.1, 0.15) is 0 Å². The topological polar surface area (TPSA) is 100 Å². The third-order valence-electron chi connectivity index (χ3n) is 3.77. The van der Waals surface area contributed by atoms with Gasteiger partial charge in [-0.2, -0.15) is 5.10 Å². The predicted octanol–water partition coefficient (Wildman–Crippen LogP) is 3.29. The molecule has 2 rings (SSSR count). The van der Waals surface area contributed by atoms with Gasteiger partial charge in [-0.15, -0.1) is 0 Å². The molecule has 0 saturated carbocycles. The molecule has 3 N–H and O–H groups in total. The highest BCUT2D eigenvalue weighted by Crippen LogP contribution is 2.25. The number of hydrogen-bond acceptors (Lipinski definition) is 5. The van der Waals surface area contributed by atoms with Gasteiger partial charge in [0.25, 0.3) is 5.91 Å². The van der Waals surface area contributed by atoms with E-state index in [0.29, 0.717) is 29.0 Å². The molecule has 0 saturated heterocycles. The number of rotatable bonds is 8. The number of hydrazone groups is 1. The minimum absolute atomic E-state index is 0.0283. The molecule has 7 heteroatoms. The Hall–Kier alpha value is -3.35. The van der Waals surface area contributed by atoms with Crippen molar-refractivity contribution in [3.8, 4) is 11.5 Å². The maximum absolute atomic E-state index is 12.1. The number of amides is 2. The van der Waals surface area contributed by atoms with Crippen LogP contribution in [0.5, 0.6) is 11.5 Å². The van der Waals surface area contributed by atoms with E-state index in [1.807, 2.05) is 6.92 Å². The van der Waals surface area contributed by atoms with Crippen molar-refractivity contribution in [2.75, 3.05) is 12.4 Å². The van der Waals surface area contributed by atoms with Crippen LogP contribution in [0.15, 0.2) is 47.6 Å². The lowest BCUT2D eigenvalue weighted by Crippen LogP contribution is -2.17. The summed E-state index contributed by atoms with van der Waals surface area (Å²) in [5.74, 6) is -0.0637. The Morgan fingerprint density at radius 3 is 2.59 bits per heavy atom. The van der Waals surface area contributed by atoms with Crippen LogP contribution in [0, 0.1) is 0 Å². The zero-order chi connectivity index (χ0) is 19.6. The quantitative estimate of drug-likeness (QED) is 0.491. The molecule has 0 heterocycles. The van der Waals surface area contributed by atoms with Crippen molar-refractivity contribution in [2.45, 2.75) is 26.2 Å². The van der Waals surface area contributed by atoms with Gasteiger partial charge in [-0.05, 0) is 54.4 Å². The van der Waals surface area contributed by atoms with Crippen molar-refractivity contribution in [2.24, 2.45) is 5.10 Å². The summed E-state index contributed by atoms with van der Waals surface area (Å²) in [7, 11) is 1.45. The Bertz CT molecular complexity index is 816. The van der Waals surface area contributed by atoms with E-state index in [1.54, 1.807) is 36.4 Å². The molecule has 2 aromatic carbocycles. The number of unbranched alkanes of at least 4 members (excludes halogenated alkanes) is 1. The molecule has 2 amide bonds. The average Bonchev–Trinajstić information content (AvgIpc) is 2.68. The Morgan fingerprint density at radius 2 is 1.93 bits per heavy atom. The van der Waals surface area contributed by atoms with E-state index in [9.17, 15) is 14.7 Å². The highest BCUT2D eigenvalue weighted by atomic mass is 16.5. The van der Waals surface area contributed by atoms with Crippen molar-refractivity contribution in [1.82, 2.24) is 5.43 Å². The molecule has 0 spiro atoms. The first kappa shape index (κ1) is 20.0. The molecule has 0 unspecified atom stereocenters. The maximum Gasteiger partial charge on any atom is 0.271 e. The molecule has 0 atom stereocenters. The second kappa shape index (κ2) is 9.96. The molecule has 7 nitrogen and oxygen atoms in total.